The van der Waals surface area contributed by atoms with Crippen LogP contribution in [0.1, 0.15) is 29.6 Å². The van der Waals surface area contributed by atoms with E-state index in [-0.39, 0.29) is 0 Å². The summed E-state index contributed by atoms with van der Waals surface area (Å²) in [5, 5.41) is 5.88. The molecule has 2 amide bonds. The predicted molar refractivity (Wildman–Crippen MR) is 67.7 cm³/mol. The van der Waals surface area contributed by atoms with Crippen LogP contribution in [0.3, 0.4) is 0 Å². The van der Waals surface area contributed by atoms with Gasteiger partial charge >= 0.3 is 6.03 Å². The van der Waals surface area contributed by atoms with Crippen LogP contribution in [0.4, 0.5) is 4.79 Å². The maximum absolute atomic E-state index is 10.4. The molecule has 0 spiro atoms. The van der Waals surface area contributed by atoms with Gasteiger partial charge in [-0.25, -0.2) is 4.79 Å². The summed E-state index contributed by atoms with van der Waals surface area (Å²) in [5.74, 6) is 0. The van der Waals surface area contributed by atoms with Gasteiger partial charge in [0.05, 0.1) is 0 Å². The van der Waals surface area contributed by atoms with Crippen molar-refractivity contribution in [3.63, 3.8) is 0 Å². The van der Waals surface area contributed by atoms with Crippen LogP contribution in [0.15, 0.2) is 12.1 Å². The number of thiophene rings is 1. The van der Waals surface area contributed by atoms with E-state index in [0.717, 1.165) is 13.0 Å². The molecule has 0 saturated heterocycles. The first kappa shape index (κ1) is 13.0. The minimum atomic E-state index is -0.473. The second kappa shape index (κ2) is 6.50. The van der Waals surface area contributed by atoms with Gasteiger partial charge in [0.1, 0.15) is 0 Å². The first-order chi connectivity index (χ1) is 7.63. The van der Waals surface area contributed by atoms with E-state index in [2.05, 4.69) is 36.6 Å². The van der Waals surface area contributed by atoms with Crippen LogP contribution in [-0.4, -0.2) is 19.1 Å². The highest BCUT2D eigenvalue weighted by atomic mass is 32.1. The van der Waals surface area contributed by atoms with Gasteiger partial charge < -0.3 is 16.4 Å². The zero-order valence-corrected chi connectivity index (χ0v) is 10.6. The number of nitrogens with one attached hydrogen (secondary N) is 2. The fraction of sp³-hybridized carbons (Fsp3) is 0.545. The average molecular weight is 241 g/mol. The Labute approximate surface area is 100 Å². The van der Waals surface area contributed by atoms with E-state index in [0.29, 0.717) is 12.6 Å². The van der Waals surface area contributed by atoms with E-state index in [1.54, 1.807) is 0 Å². The highest BCUT2D eigenvalue weighted by Gasteiger charge is 2.06. The maximum atomic E-state index is 10.4. The van der Waals surface area contributed by atoms with Gasteiger partial charge in [-0.3, -0.25) is 0 Å². The van der Waals surface area contributed by atoms with Crippen molar-refractivity contribution < 1.29 is 4.79 Å². The molecule has 0 aliphatic carbocycles. The van der Waals surface area contributed by atoms with Crippen LogP contribution in [-0.2, 0) is 6.42 Å². The molecule has 1 atom stereocenters. The van der Waals surface area contributed by atoms with Crippen molar-refractivity contribution in [2.75, 3.05) is 13.1 Å². The van der Waals surface area contributed by atoms with Crippen LogP contribution < -0.4 is 16.4 Å². The topological polar surface area (TPSA) is 67.2 Å². The molecule has 4 nitrogen and oxygen atoms in total. The quantitative estimate of drug-likeness (QED) is 0.663. The third-order valence-corrected chi connectivity index (χ3v) is 3.74. The predicted octanol–water partition coefficient (Wildman–Crippen LogP) is 1.63. The summed E-state index contributed by atoms with van der Waals surface area (Å²) in [7, 11) is 0. The molecule has 16 heavy (non-hydrogen) atoms. The Morgan fingerprint density at radius 3 is 2.81 bits per heavy atom. The van der Waals surface area contributed by atoms with Crippen molar-refractivity contribution >= 4 is 17.4 Å². The van der Waals surface area contributed by atoms with Crippen LogP contribution in [0.25, 0.3) is 0 Å². The van der Waals surface area contributed by atoms with E-state index in [4.69, 9.17) is 5.73 Å². The molecule has 0 fully saturated rings. The average Bonchev–Trinajstić information content (AvgIpc) is 2.72. The van der Waals surface area contributed by atoms with Crippen LogP contribution in [0, 0.1) is 0 Å². The molecule has 0 bridgehead atoms. The van der Waals surface area contributed by atoms with Gasteiger partial charge in [0.25, 0.3) is 0 Å². The smallest absolute Gasteiger partial charge is 0.312 e. The van der Waals surface area contributed by atoms with Gasteiger partial charge in [0, 0.05) is 28.9 Å². The Balaban J connectivity index is 2.29. The molecule has 5 heteroatoms. The second-order valence-electron chi connectivity index (χ2n) is 3.62. The van der Waals surface area contributed by atoms with E-state index < -0.39 is 6.03 Å². The lowest BCUT2D eigenvalue weighted by Gasteiger charge is -2.11. The molecule has 1 rings (SSSR count). The summed E-state index contributed by atoms with van der Waals surface area (Å²) in [6.07, 6.45) is 1.08. The third kappa shape index (κ3) is 4.20. The third-order valence-electron chi connectivity index (χ3n) is 2.33. The fourth-order valence-corrected chi connectivity index (χ4v) is 2.37. The first-order valence-electron chi connectivity index (χ1n) is 5.48. The summed E-state index contributed by atoms with van der Waals surface area (Å²) in [5.41, 5.74) is 4.97. The molecule has 1 aromatic heterocycles. The molecule has 0 aliphatic rings. The van der Waals surface area contributed by atoms with Crippen LogP contribution >= 0.6 is 11.3 Å². The lowest BCUT2D eigenvalue weighted by molar-refractivity contribution is 0.249. The molecule has 1 unspecified atom stereocenters. The molecule has 1 heterocycles. The summed E-state index contributed by atoms with van der Waals surface area (Å²) in [4.78, 5) is 13.2. The number of hydrogen-bond donors (Lipinski definition) is 3. The van der Waals surface area contributed by atoms with Crippen molar-refractivity contribution in [1.82, 2.24) is 10.6 Å². The second-order valence-corrected chi connectivity index (χ2v) is 4.82. The van der Waals surface area contributed by atoms with E-state index >= 15 is 0 Å². The van der Waals surface area contributed by atoms with E-state index in [9.17, 15) is 4.79 Å². The number of rotatable bonds is 6. The van der Waals surface area contributed by atoms with Gasteiger partial charge in [-0.1, -0.05) is 6.92 Å². The van der Waals surface area contributed by atoms with Crippen molar-refractivity contribution in [2.24, 2.45) is 5.73 Å². The number of carbonyl (C=O) groups excluding carboxylic acids is 1. The van der Waals surface area contributed by atoms with Crippen molar-refractivity contribution in [1.29, 1.82) is 0 Å². The number of hydrogen-bond acceptors (Lipinski definition) is 3. The Kier molecular flexibility index (Phi) is 5.28. The van der Waals surface area contributed by atoms with Crippen molar-refractivity contribution in [2.45, 2.75) is 26.3 Å². The van der Waals surface area contributed by atoms with Crippen LogP contribution in [0.5, 0.6) is 0 Å². The lowest BCUT2D eigenvalue weighted by Crippen LogP contribution is -2.35. The molecule has 4 N–H and O–H groups in total. The largest absolute Gasteiger partial charge is 0.352 e. The molecule has 0 saturated carbocycles. The Morgan fingerprint density at radius 2 is 2.25 bits per heavy atom. The fourth-order valence-electron chi connectivity index (χ4n) is 1.39. The number of primary amides is 1. The molecule has 0 radical (unpaired) electrons. The molecule has 0 aliphatic heterocycles. The van der Waals surface area contributed by atoms with Crippen molar-refractivity contribution in [3.05, 3.63) is 21.9 Å². The SMILES string of the molecule is CCc1ccc(C(C)NCCNC(N)=O)s1. The summed E-state index contributed by atoms with van der Waals surface area (Å²) < 4.78 is 0. The number of aryl methyl sites for hydroxylation is 1. The van der Waals surface area contributed by atoms with Gasteiger partial charge in [0.15, 0.2) is 0 Å². The number of nitrogens with two attached hydrogens (primary N) is 1. The van der Waals surface area contributed by atoms with Gasteiger partial charge in [-0.15, -0.1) is 11.3 Å². The summed E-state index contributed by atoms with van der Waals surface area (Å²) >= 11 is 1.83. The summed E-state index contributed by atoms with van der Waals surface area (Å²) in [6.45, 7) is 5.56. The minimum Gasteiger partial charge on any atom is -0.352 e. The molecule has 1 aromatic rings. The first-order valence-corrected chi connectivity index (χ1v) is 6.30. The van der Waals surface area contributed by atoms with Gasteiger partial charge in [-0.2, -0.15) is 0 Å². The van der Waals surface area contributed by atoms with E-state index in [1.165, 1.54) is 9.75 Å². The molecule has 90 valence electrons. The monoisotopic (exact) mass is 241 g/mol. The highest BCUT2D eigenvalue weighted by molar-refractivity contribution is 7.12. The molecule has 0 aromatic carbocycles. The zero-order chi connectivity index (χ0) is 12.0. The summed E-state index contributed by atoms with van der Waals surface area (Å²) in [6, 6.07) is 4.17. The zero-order valence-electron chi connectivity index (χ0n) is 9.75. The normalized spacial score (nSPS) is 12.4. The minimum absolute atomic E-state index is 0.319. The Morgan fingerprint density at radius 1 is 1.50 bits per heavy atom. The van der Waals surface area contributed by atoms with Crippen molar-refractivity contribution in [3.8, 4) is 0 Å². The van der Waals surface area contributed by atoms with Crippen LogP contribution in [0.2, 0.25) is 0 Å². The van der Waals surface area contributed by atoms with Gasteiger partial charge in [-0.05, 0) is 25.5 Å². The number of carbonyl (C=O) groups is 1. The standard InChI is InChI=1S/C11H19N3OS/c1-3-9-4-5-10(16-9)8(2)13-6-7-14-11(12)15/h4-5,8,13H,3,6-7H2,1-2H3,(H3,12,14,15). The van der Waals surface area contributed by atoms with Gasteiger partial charge in [0.2, 0.25) is 0 Å². The lowest BCUT2D eigenvalue weighted by atomic mass is 10.2. The number of urea groups is 1. The Bertz CT molecular complexity index is 338. The molecular formula is C11H19N3OS. The highest BCUT2D eigenvalue weighted by Crippen LogP contribution is 2.23. The Hall–Kier alpha value is -1.07. The number of amides is 2. The van der Waals surface area contributed by atoms with E-state index in [1.807, 2.05) is 11.3 Å². The molecular weight excluding hydrogens is 222 g/mol. The maximum Gasteiger partial charge on any atom is 0.312 e.